The van der Waals surface area contributed by atoms with E-state index in [1.54, 1.807) is 12.1 Å². The van der Waals surface area contributed by atoms with Crippen molar-refractivity contribution in [3.63, 3.8) is 0 Å². The first-order valence-corrected chi connectivity index (χ1v) is 7.85. The summed E-state index contributed by atoms with van der Waals surface area (Å²) in [6, 6.07) is 16.3. The highest BCUT2D eigenvalue weighted by Crippen LogP contribution is 2.19. The quantitative estimate of drug-likeness (QED) is 0.816. The lowest BCUT2D eigenvalue weighted by Gasteiger charge is -2.15. The predicted octanol–water partition coefficient (Wildman–Crippen LogP) is 3.24. The van der Waals surface area contributed by atoms with Gasteiger partial charge >= 0.3 is 0 Å². The molecule has 2 amide bonds. The first-order valence-electron chi connectivity index (χ1n) is 7.06. The Balaban J connectivity index is 2.11. The van der Waals surface area contributed by atoms with Crippen molar-refractivity contribution in [2.45, 2.75) is 12.5 Å². The van der Waals surface area contributed by atoms with Crippen LogP contribution in [0.5, 0.6) is 0 Å². The van der Waals surface area contributed by atoms with Crippen LogP contribution in [-0.4, -0.2) is 17.9 Å². The molecule has 0 unspecified atom stereocenters. The molecular weight excluding hydrogens is 356 g/mol. The molecule has 0 aliphatic heterocycles. The summed E-state index contributed by atoms with van der Waals surface area (Å²) >= 11 is 3.17. The van der Waals surface area contributed by atoms with Crippen LogP contribution in [0.15, 0.2) is 65.7 Å². The number of nitrogens with one attached hydrogen (secondary N) is 1. The number of carbonyl (C=O) groups excluding carboxylic acids is 2. The first kappa shape index (κ1) is 17.0. The minimum Gasteiger partial charge on any atom is -0.368 e. The van der Waals surface area contributed by atoms with E-state index in [0.29, 0.717) is 10.0 Å². The standard InChI is InChI=1S/C18H17BrN2O2/c1-12(19)11-16(17(20)22)21-18(23)15-9-7-14(8-10-15)13-5-3-2-4-6-13/h2-10,16H,1,11H2,(H2,20,22)(H,21,23)/t16-/m0/s1. The summed E-state index contributed by atoms with van der Waals surface area (Å²) in [6.07, 6.45) is 0.253. The van der Waals surface area contributed by atoms with Crippen LogP contribution in [-0.2, 0) is 4.79 Å². The molecular formula is C18H17BrN2O2. The highest BCUT2D eigenvalue weighted by Gasteiger charge is 2.19. The summed E-state index contributed by atoms with van der Waals surface area (Å²) in [5.74, 6) is -0.943. The number of nitrogens with two attached hydrogens (primary N) is 1. The molecule has 4 nitrogen and oxygen atoms in total. The second-order valence-corrected chi connectivity index (χ2v) is 6.21. The lowest BCUT2D eigenvalue weighted by molar-refractivity contribution is -0.119. The third-order valence-corrected chi connectivity index (χ3v) is 3.65. The van der Waals surface area contributed by atoms with Crippen molar-refractivity contribution in [3.8, 4) is 11.1 Å². The molecule has 1 atom stereocenters. The summed E-state index contributed by atoms with van der Waals surface area (Å²) < 4.78 is 0.598. The Hall–Kier alpha value is -2.40. The van der Waals surface area contributed by atoms with E-state index in [9.17, 15) is 9.59 Å². The number of rotatable bonds is 6. The Morgan fingerprint density at radius 1 is 1.04 bits per heavy atom. The van der Waals surface area contributed by atoms with E-state index in [2.05, 4.69) is 27.8 Å². The molecule has 0 aliphatic rings. The maximum atomic E-state index is 12.2. The summed E-state index contributed by atoms with van der Waals surface area (Å²) in [5.41, 5.74) is 7.85. The normalized spacial score (nSPS) is 11.5. The van der Waals surface area contributed by atoms with Crippen LogP contribution in [0.2, 0.25) is 0 Å². The number of amides is 2. The van der Waals surface area contributed by atoms with Crippen LogP contribution < -0.4 is 11.1 Å². The molecule has 2 aromatic carbocycles. The highest BCUT2D eigenvalue weighted by atomic mass is 79.9. The van der Waals surface area contributed by atoms with Crippen molar-refractivity contribution in [2.24, 2.45) is 5.73 Å². The van der Waals surface area contributed by atoms with Gasteiger partial charge in [-0.25, -0.2) is 0 Å². The number of carbonyl (C=O) groups is 2. The van der Waals surface area contributed by atoms with Crippen LogP contribution in [0.1, 0.15) is 16.8 Å². The molecule has 0 radical (unpaired) electrons. The molecule has 0 saturated carbocycles. The highest BCUT2D eigenvalue weighted by molar-refractivity contribution is 9.11. The minimum absolute atomic E-state index is 0.253. The van der Waals surface area contributed by atoms with Crippen LogP contribution in [0.3, 0.4) is 0 Å². The maximum Gasteiger partial charge on any atom is 0.251 e. The molecule has 3 N–H and O–H groups in total. The van der Waals surface area contributed by atoms with E-state index < -0.39 is 11.9 Å². The second-order valence-electron chi connectivity index (χ2n) is 5.09. The van der Waals surface area contributed by atoms with Crippen LogP contribution in [0.25, 0.3) is 11.1 Å². The van der Waals surface area contributed by atoms with Gasteiger partial charge in [-0.05, 0) is 27.7 Å². The average molecular weight is 373 g/mol. The molecule has 23 heavy (non-hydrogen) atoms. The van der Waals surface area contributed by atoms with Crippen LogP contribution in [0, 0.1) is 0 Å². The number of benzene rings is 2. The van der Waals surface area contributed by atoms with Gasteiger partial charge in [0.15, 0.2) is 0 Å². The molecule has 0 spiro atoms. The molecule has 2 rings (SSSR count). The maximum absolute atomic E-state index is 12.2. The van der Waals surface area contributed by atoms with E-state index in [4.69, 9.17) is 5.73 Å². The van der Waals surface area contributed by atoms with Crippen LogP contribution >= 0.6 is 15.9 Å². The van der Waals surface area contributed by atoms with Gasteiger partial charge in [0.2, 0.25) is 5.91 Å². The smallest absolute Gasteiger partial charge is 0.251 e. The fraction of sp³-hybridized carbons (Fsp3) is 0.111. The molecule has 0 saturated heterocycles. The van der Waals surface area contributed by atoms with Crippen LogP contribution in [0.4, 0.5) is 0 Å². The fourth-order valence-corrected chi connectivity index (χ4v) is 2.45. The van der Waals surface area contributed by atoms with E-state index in [1.807, 2.05) is 42.5 Å². The molecule has 0 bridgehead atoms. The van der Waals surface area contributed by atoms with Gasteiger partial charge in [-0.15, -0.1) is 0 Å². The van der Waals surface area contributed by atoms with Gasteiger partial charge in [0, 0.05) is 12.0 Å². The first-order chi connectivity index (χ1) is 11.0. The molecule has 0 aliphatic carbocycles. The van der Waals surface area contributed by atoms with Crippen molar-refractivity contribution in [1.29, 1.82) is 0 Å². The van der Waals surface area contributed by atoms with Crippen molar-refractivity contribution >= 4 is 27.7 Å². The van der Waals surface area contributed by atoms with Gasteiger partial charge in [0.25, 0.3) is 5.91 Å². The third-order valence-electron chi connectivity index (χ3n) is 3.33. The lowest BCUT2D eigenvalue weighted by Crippen LogP contribution is -2.44. The van der Waals surface area contributed by atoms with Gasteiger partial charge in [0.05, 0.1) is 0 Å². The van der Waals surface area contributed by atoms with Crippen molar-refractivity contribution < 1.29 is 9.59 Å². The average Bonchev–Trinajstić information content (AvgIpc) is 2.54. The topological polar surface area (TPSA) is 72.2 Å². The Labute approximate surface area is 143 Å². The van der Waals surface area contributed by atoms with E-state index in [0.717, 1.165) is 11.1 Å². The molecule has 0 heterocycles. The van der Waals surface area contributed by atoms with Crippen molar-refractivity contribution in [2.75, 3.05) is 0 Å². The second kappa shape index (κ2) is 7.74. The lowest BCUT2D eigenvalue weighted by atomic mass is 10.0. The van der Waals surface area contributed by atoms with Gasteiger partial charge in [-0.2, -0.15) is 0 Å². The van der Waals surface area contributed by atoms with E-state index in [1.165, 1.54) is 0 Å². The van der Waals surface area contributed by atoms with E-state index >= 15 is 0 Å². The summed E-state index contributed by atoms with van der Waals surface area (Å²) in [5, 5.41) is 2.62. The zero-order valence-electron chi connectivity index (χ0n) is 12.5. The SMILES string of the molecule is C=C(Br)C[C@H](NC(=O)c1ccc(-c2ccccc2)cc1)C(N)=O. The molecule has 0 aromatic heterocycles. The largest absolute Gasteiger partial charge is 0.368 e. The Morgan fingerprint density at radius 2 is 1.61 bits per heavy atom. The monoisotopic (exact) mass is 372 g/mol. The molecule has 2 aromatic rings. The van der Waals surface area contributed by atoms with Gasteiger partial charge in [-0.3, -0.25) is 9.59 Å². The number of primary amides is 1. The Kier molecular flexibility index (Phi) is 5.71. The zero-order chi connectivity index (χ0) is 16.8. The third kappa shape index (κ3) is 4.79. The summed E-state index contributed by atoms with van der Waals surface area (Å²) in [6.45, 7) is 3.66. The molecule has 118 valence electrons. The Morgan fingerprint density at radius 3 is 2.13 bits per heavy atom. The minimum atomic E-state index is -0.789. The van der Waals surface area contributed by atoms with Gasteiger partial charge < -0.3 is 11.1 Å². The van der Waals surface area contributed by atoms with Crippen molar-refractivity contribution in [1.82, 2.24) is 5.32 Å². The predicted molar refractivity (Wildman–Crippen MR) is 95.0 cm³/mol. The number of hydrogen-bond acceptors (Lipinski definition) is 2. The Bertz CT molecular complexity index is 712. The number of halogens is 1. The van der Waals surface area contributed by atoms with Crippen molar-refractivity contribution in [3.05, 3.63) is 71.2 Å². The zero-order valence-corrected chi connectivity index (χ0v) is 14.0. The molecule has 0 fully saturated rings. The number of hydrogen-bond donors (Lipinski definition) is 2. The van der Waals surface area contributed by atoms with Gasteiger partial charge in [-0.1, -0.05) is 65.0 Å². The summed E-state index contributed by atoms with van der Waals surface area (Å²) in [4.78, 5) is 23.6. The van der Waals surface area contributed by atoms with E-state index in [-0.39, 0.29) is 12.3 Å². The summed E-state index contributed by atoms with van der Waals surface area (Å²) in [7, 11) is 0. The fourth-order valence-electron chi connectivity index (χ4n) is 2.13. The molecule has 5 heteroatoms. The van der Waals surface area contributed by atoms with Gasteiger partial charge in [0.1, 0.15) is 6.04 Å².